The second-order valence-corrected chi connectivity index (χ2v) is 3.04. The van der Waals surface area contributed by atoms with Crippen molar-refractivity contribution in [3.8, 4) is 0 Å². The highest BCUT2D eigenvalue weighted by Crippen LogP contribution is 1.88. The molecule has 1 amide bonds. The number of methoxy groups -OCH3 is 1. The third-order valence-corrected chi connectivity index (χ3v) is 1.73. The molecule has 1 N–H and O–H groups in total. The van der Waals surface area contributed by atoms with Crippen molar-refractivity contribution in [2.75, 3.05) is 47.2 Å². The van der Waals surface area contributed by atoms with Crippen LogP contribution in [0.5, 0.6) is 0 Å². The minimum atomic E-state index is -0.101. The largest absolute Gasteiger partial charge is 0.385 e. The molecular formula is C10H21NO4. The third-order valence-electron chi connectivity index (χ3n) is 1.73. The molecule has 0 saturated carbocycles. The Labute approximate surface area is 91.1 Å². The number of amides is 1. The lowest BCUT2D eigenvalue weighted by Gasteiger charge is -2.04. The van der Waals surface area contributed by atoms with Crippen molar-refractivity contribution in [3.63, 3.8) is 0 Å². The fourth-order valence-corrected chi connectivity index (χ4v) is 0.907. The summed E-state index contributed by atoms with van der Waals surface area (Å²) in [5, 5.41) is 2.48. The molecule has 0 aromatic rings. The number of carbonyl (C=O) groups is 1. The first-order valence-electron chi connectivity index (χ1n) is 5.16. The summed E-state index contributed by atoms with van der Waals surface area (Å²) in [5.41, 5.74) is 0. The van der Waals surface area contributed by atoms with Gasteiger partial charge in [-0.15, -0.1) is 0 Å². The van der Waals surface area contributed by atoms with Crippen LogP contribution in [-0.4, -0.2) is 53.1 Å². The first kappa shape index (κ1) is 14.3. The molecule has 0 spiro atoms. The van der Waals surface area contributed by atoms with E-state index in [1.807, 2.05) is 0 Å². The molecule has 0 fully saturated rings. The lowest BCUT2D eigenvalue weighted by Crippen LogP contribution is -2.23. The average molecular weight is 219 g/mol. The van der Waals surface area contributed by atoms with E-state index in [1.165, 1.54) is 0 Å². The Kier molecular flexibility index (Phi) is 10.9. The Bertz CT molecular complexity index is 152. The van der Waals surface area contributed by atoms with Gasteiger partial charge < -0.3 is 19.5 Å². The molecule has 0 aliphatic rings. The van der Waals surface area contributed by atoms with Crippen LogP contribution in [0, 0.1) is 0 Å². The predicted molar refractivity (Wildman–Crippen MR) is 56.8 cm³/mol. The van der Waals surface area contributed by atoms with Crippen molar-refractivity contribution in [1.82, 2.24) is 5.32 Å². The Morgan fingerprint density at radius 1 is 1.07 bits per heavy atom. The maximum atomic E-state index is 10.7. The summed E-state index contributed by atoms with van der Waals surface area (Å²) < 4.78 is 15.3. The van der Waals surface area contributed by atoms with E-state index in [9.17, 15) is 4.79 Å². The second-order valence-electron chi connectivity index (χ2n) is 3.04. The SMILES string of the molecule is CNC(=O)COCCCOCCCOC. The van der Waals surface area contributed by atoms with Crippen molar-refractivity contribution in [2.24, 2.45) is 0 Å². The van der Waals surface area contributed by atoms with Crippen molar-refractivity contribution >= 4 is 5.91 Å². The Morgan fingerprint density at radius 3 is 2.27 bits per heavy atom. The Hall–Kier alpha value is -0.650. The molecule has 0 aliphatic heterocycles. The van der Waals surface area contributed by atoms with Crippen molar-refractivity contribution < 1.29 is 19.0 Å². The van der Waals surface area contributed by atoms with E-state index in [-0.39, 0.29) is 12.5 Å². The van der Waals surface area contributed by atoms with E-state index in [2.05, 4.69) is 5.32 Å². The standard InChI is InChI=1S/C10H21NO4/c1-11-10(12)9-15-8-4-7-14-6-3-5-13-2/h3-9H2,1-2H3,(H,11,12). The van der Waals surface area contributed by atoms with Gasteiger partial charge in [0.25, 0.3) is 0 Å². The molecule has 0 saturated heterocycles. The summed E-state index contributed by atoms with van der Waals surface area (Å²) in [6.45, 7) is 2.78. The van der Waals surface area contributed by atoms with Gasteiger partial charge >= 0.3 is 0 Å². The lowest BCUT2D eigenvalue weighted by molar-refractivity contribution is -0.125. The summed E-state index contributed by atoms with van der Waals surface area (Å²) in [6, 6.07) is 0. The summed E-state index contributed by atoms with van der Waals surface area (Å²) in [5.74, 6) is -0.101. The van der Waals surface area contributed by atoms with Crippen LogP contribution >= 0.6 is 0 Å². The zero-order valence-corrected chi connectivity index (χ0v) is 9.58. The molecule has 5 nitrogen and oxygen atoms in total. The monoisotopic (exact) mass is 219 g/mol. The van der Waals surface area contributed by atoms with Crippen LogP contribution in [0.4, 0.5) is 0 Å². The van der Waals surface area contributed by atoms with E-state index in [4.69, 9.17) is 14.2 Å². The summed E-state index contributed by atoms with van der Waals surface area (Å²) in [4.78, 5) is 10.7. The van der Waals surface area contributed by atoms with Gasteiger partial charge in [0.2, 0.25) is 5.91 Å². The number of rotatable bonds is 10. The number of nitrogens with one attached hydrogen (secondary N) is 1. The van der Waals surface area contributed by atoms with Gasteiger partial charge in [0.1, 0.15) is 6.61 Å². The van der Waals surface area contributed by atoms with Crippen molar-refractivity contribution in [3.05, 3.63) is 0 Å². The van der Waals surface area contributed by atoms with Crippen LogP contribution < -0.4 is 5.32 Å². The minimum Gasteiger partial charge on any atom is -0.385 e. The smallest absolute Gasteiger partial charge is 0.245 e. The zero-order valence-electron chi connectivity index (χ0n) is 9.58. The van der Waals surface area contributed by atoms with Gasteiger partial charge in [0.05, 0.1) is 0 Å². The Morgan fingerprint density at radius 2 is 1.67 bits per heavy atom. The van der Waals surface area contributed by atoms with E-state index >= 15 is 0 Å². The number of ether oxygens (including phenoxy) is 3. The molecule has 0 unspecified atom stereocenters. The quantitative estimate of drug-likeness (QED) is 0.533. The summed E-state index contributed by atoms with van der Waals surface area (Å²) in [6.07, 6.45) is 1.72. The van der Waals surface area contributed by atoms with Crippen LogP contribution in [0.15, 0.2) is 0 Å². The van der Waals surface area contributed by atoms with E-state index in [0.29, 0.717) is 19.8 Å². The third kappa shape index (κ3) is 11.3. The molecule has 0 aromatic heterocycles. The van der Waals surface area contributed by atoms with Gasteiger partial charge in [0, 0.05) is 40.6 Å². The second kappa shape index (κ2) is 11.4. The molecule has 5 heteroatoms. The molecule has 0 bridgehead atoms. The molecule has 0 heterocycles. The van der Waals surface area contributed by atoms with Gasteiger partial charge in [-0.2, -0.15) is 0 Å². The topological polar surface area (TPSA) is 56.8 Å². The van der Waals surface area contributed by atoms with Crippen molar-refractivity contribution in [2.45, 2.75) is 12.8 Å². The lowest BCUT2D eigenvalue weighted by atomic mass is 10.4. The number of hydrogen-bond donors (Lipinski definition) is 1. The summed E-state index contributed by atoms with van der Waals surface area (Å²) >= 11 is 0. The van der Waals surface area contributed by atoms with Crippen molar-refractivity contribution in [1.29, 1.82) is 0 Å². The van der Waals surface area contributed by atoms with E-state index < -0.39 is 0 Å². The minimum absolute atomic E-state index is 0.101. The molecule has 0 rings (SSSR count). The molecule has 0 aromatic carbocycles. The number of hydrogen-bond acceptors (Lipinski definition) is 4. The maximum absolute atomic E-state index is 10.7. The van der Waals surface area contributed by atoms with Gasteiger partial charge in [-0.3, -0.25) is 4.79 Å². The fourth-order valence-electron chi connectivity index (χ4n) is 0.907. The van der Waals surface area contributed by atoms with E-state index in [0.717, 1.165) is 19.4 Å². The summed E-state index contributed by atoms with van der Waals surface area (Å²) in [7, 11) is 3.26. The molecule has 15 heavy (non-hydrogen) atoms. The van der Waals surface area contributed by atoms with Gasteiger partial charge in [-0.05, 0) is 12.8 Å². The maximum Gasteiger partial charge on any atom is 0.245 e. The van der Waals surface area contributed by atoms with Gasteiger partial charge in [-0.1, -0.05) is 0 Å². The average Bonchev–Trinajstić information content (AvgIpc) is 2.26. The number of carbonyl (C=O) groups excluding carboxylic acids is 1. The normalized spacial score (nSPS) is 10.3. The predicted octanol–water partition coefficient (Wildman–Crippen LogP) is 0.192. The first-order chi connectivity index (χ1) is 7.31. The highest BCUT2D eigenvalue weighted by atomic mass is 16.5. The molecule has 90 valence electrons. The first-order valence-corrected chi connectivity index (χ1v) is 5.16. The fraction of sp³-hybridized carbons (Fsp3) is 0.900. The molecule has 0 atom stereocenters. The van der Waals surface area contributed by atoms with Crippen LogP contribution in [-0.2, 0) is 19.0 Å². The van der Waals surface area contributed by atoms with E-state index in [1.54, 1.807) is 14.2 Å². The highest BCUT2D eigenvalue weighted by molar-refractivity contribution is 5.76. The van der Waals surface area contributed by atoms with Crippen LogP contribution in [0.25, 0.3) is 0 Å². The Balaban J connectivity index is 2.95. The van der Waals surface area contributed by atoms with Crippen LogP contribution in [0.2, 0.25) is 0 Å². The number of likely N-dealkylation sites (N-methyl/N-ethyl adjacent to an activating group) is 1. The molecule has 0 radical (unpaired) electrons. The molecule has 0 aliphatic carbocycles. The van der Waals surface area contributed by atoms with Crippen LogP contribution in [0.3, 0.4) is 0 Å². The molecular weight excluding hydrogens is 198 g/mol. The van der Waals surface area contributed by atoms with Crippen LogP contribution in [0.1, 0.15) is 12.8 Å². The highest BCUT2D eigenvalue weighted by Gasteiger charge is 1.96. The van der Waals surface area contributed by atoms with Gasteiger partial charge in [0.15, 0.2) is 0 Å². The van der Waals surface area contributed by atoms with Gasteiger partial charge in [-0.25, -0.2) is 0 Å². The zero-order chi connectivity index (χ0) is 11.4.